The molecule has 0 spiro atoms. The molecular weight excluding hydrogens is 198 g/mol. The first-order chi connectivity index (χ1) is 6.68. The molecule has 2 unspecified atom stereocenters. The van der Waals surface area contributed by atoms with E-state index in [9.17, 15) is 4.79 Å². The maximum absolute atomic E-state index is 11.6. The van der Waals surface area contributed by atoms with Crippen LogP contribution in [0.2, 0.25) is 5.02 Å². The van der Waals surface area contributed by atoms with Gasteiger partial charge >= 0.3 is 0 Å². The molecule has 74 valence electrons. The van der Waals surface area contributed by atoms with Crippen molar-refractivity contribution in [3.05, 3.63) is 29.3 Å². The Hall–Kier alpha value is -1.02. The molecule has 2 atom stereocenters. The summed E-state index contributed by atoms with van der Waals surface area (Å²) in [5.74, 6) is 0.800. The van der Waals surface area contributed by atoms with Gasteiger partial charge in [0, 0.05) is 5.92 Å². The first kappa shape index (κ1) is 9.53. The molecule has 1 aromatic rings. The van der Waals surface area contributed by atoms with Crippen molar-refractivity contribution >= 4 is 23.2 Å². The summed E-state index contributed by atoms with van der Waals surface area (Å²) in [6, 6.07) is 7.29. The normalized spacial score (nSPS) is 24.4. The van der Waals surface area contributed by atoms with E-state index in [-0.39, 0.29) is 11.8 Å². The summed E-state index contributed by atoms with van der Waals surface area (Å²) in [6.45, 7) is 2.08. The van der Waals surface area contributed by atoms with Crippen molar-refractivity contribution in [3.63, 3.8) is 0 Å². The number of hydrogen-bond donors (Lipinski definition) is 1. The first-order valence-corrected chi connectivity index (χ1v) is 5.11. The third-order valence-electron chi connectivity index (χ3n) is 2.58. The van der Waals surface area contributed by atoms with E-state index in [1.807, 2.05) is 18.2 Å². The molecule has 0 radical (unpaired) electrons. The van der Waals surface area contributed by atoms with E-state index < -0.39 is 0 Å². The molecular formula is C11H12ClNO. The van der Waals surface area contributed by atoms with Gasteiger partial charge in [-0.05, 0) is 24.5 Å². The maximum Gasteiger partial charge on any atom is 0.227 e. The van der Waals surface area contributed by atoms with Gasteiger partial charge in [0.2, 0.25) is 5.91 Å². The molecule has 14 heavy (non-hydrogen) atoms. The molecule has 1 aromatic carbocycles. The van der Waals surface area contributed by atoms with Gasteiger partial charge in [-0.25, -0.2) is 0 Å². The first-order valence-electron chi connectivity index (χ1n) is 4.74. The van der Waals surface area contributed by atoms with E-state index in [4.69, 9.17) is 11.6 Å². The Balaban J connectivity index is 2.04. The number of amides is 1. The molecule has 1 amide bonds. The Labute approximate surface area is 88.3 Å². The SMILES string of the molecule is CC1CC1C(=O)Nc1ccccc1Cl. The minimum absolute atomic E-state index is 0.0885. The maximum atomic E-state index is 11.6. The minimum atomic E-state index is 0.0885. The summed E-state index contributed by atoms with van der Waals surface area (Å²) in [7, 11) is 0. The van der Waals surface area contributed by atoms with Gasteiger partial charge in [-0.1, -0.05) is 30.7 Å². The summed E-state index contributed by atoms with van der Waals surface area (Å²) < 4.78 is 0. The van der Waals surface area contributed by atoms with Crippen LogP contribution in [-0.2, 0) is 4.79 Å². The number of anilines is 1. The van der Waals surface area contributed by atoms with Crippen LogP contribution in [0.5, 0.6) is 0 Å². The zero-order chi connectivity index (χ0) is 10.1. The fraction of sp³-hybridized carbons (Fsp3) is 0.364. The van der Waals surface area contributed by atoms with Crippen LogP contribution in [-0.4, -0.2) is 5.91 Å². The van der Waals surface area contributed by atoms with Crippen molar-refractivity contribution in [3.8, 4) is 0 Å². The second-order valence-corrected chi connectivity index (χ2v) is 4.20. The van der Waals surface area contributed by atoms with Gasteiger partial charge in [-0.3, -0.25) is 4.79 Å². The number of nitrogens with one attached hydrogen (secondary N) is 1. The van der Waals surface area contributed by atoms with Gasteiger partial charge in [0.25, 0.3) is 0 Å². The second kappa shape index (κ2) is 3.62. The van der Waals surface area contributed by atoms with Gasteiger partial charge in [0.15, 0.2) is 0 Å². The lowest BCUT2D eigenvalue weighted by Crippen LogP contribution is -2.14. The Bertz CT molecular complexity index is 364. The highest BCUT2D eigenvalue weighted by Crippen LogP contribution is 2.38. The Morgan fingerprint density at radius 3 is 2.71 bits per heavy atom. The third kappa shape index (κ3) is 1.90. The number of carbonyl (C=O) groups excluding carboxylic acids is 1. The lowest BCUT2D eigenvalue weighted by atomic mass is 10.3. The summed E-state index contributed by atoms with van der Waals surface area (Å²) in [6.07, 6.45) is 0.996. The molecule has 2 rings (SSSR count). The van der Waals surface area contributed by atoms with Crippen LogP contribution >= 0.6 is 11.6 Å². The summed E-state index contributed by atoms with van der Waals surface area (Å²) >= 11 is 5.92. The second-order valence-electron chi connectivity index (χ2n) is 3.79. The highest BCUT2D eigenvalue weighted by Gasteiger charge is 2.39. The van der Waals surface area contributed by atoms with Gasteiger partial charge in [-0.15, -0.1) is 0 Å². The van der Waals surface area contributed by atoms with E-state index in [1.54, 1.807) is 6.07 Å². The van der Waals surface area contributed by atoms with Gasteiger partial charge in [0.05, 0.1) is 10.7 Å². The third-order valence-corrected chi connectivity index (χ3v) is 2.91. The Kier molecular flexibility index (Phi) is 2.46. The molecule has 0 aliphatic heterocycles. The number of para-hydroxylation sites is 1. The summed E-state index contributed by atoms with van der Waals surface area (Å²) in [4.78, 5) is 11.6. The number of rotatable bonds is 2. The van der Waals surface area contributed by atoms with Crippen LogP contribution in [0.25, 0.3) is 0 Å². The molecule has 3 heteroatoms. The molecule has 1 fully saturated rings. The average Bonchev–Trinajstić information content (AvgIpc) is 2.87. The number of benzene rings is 1. The highest BCUT2D eigenvalue weighted by atomic mass is 35.5. The van der Waals surface area contributed by atoms with Crippen molar-refractivity contribution in [2.24, 2.45) is 11.8 Å². The quantitative estimate of drug-likeness (QED) is 0.797. The number of halogens is 1. The molecule has 0 aromatic heterocycles. The van der Waals surface area contributed by atoms with Crippen LogP contribution in [0.3, 0.4) is 0 Å². The van der Waals surface area contributed by atoms with E-state index in [1.165, 1.54) is 0 Å². The van der Waals surface area contributed by atoms with Crippen LogP contribution in [0.15, 0.2) is 24.3 Å². The van der Waals surface area contributed by atoms with Crippen LogP contribution in [0.4, 0.5) is 5.69 Å². The average molecular weight is 210 g/mol. The fourth-order valence-corrected chi connectivity index (χ4v) is 1.66. The minimum Gasteiger partial charge on any atom is -0.325 e. The van der Waals surface area contributed by atoms with Crippen LogP contribution in [0, 0.1) is 11.8 Å². The lowest BCUT2D eigenvalue weighted by molar-refractivity contribution is -0.117. The van der Waals surface area contributed by atoms with Crippen molar-refractivity contribution in [1.29, 1.82) is 0 Å². The Morgan fingerprint density at radius 2 is 2.14 bits per heavy atom. The van der Waals surface area contributed by atoms with Crippen molar-refractivity contribution < 1.29 is 4.79 Å². The molecule has 0 saturated heterocycles. The molecule has 1 saturated carbocycles. The molecule has 0 bridgehead atoms. The fourth-order valence-electron chi connectivity index (χ4n) is 1.48. The number of carbonyl (C=O) groups is 1. The predicted molar refractivity (Wildman–Crippen MR) is 57.4 cm³/mol. The van der Waals surface area contributed by atoms with E-state index in [2.05, 4.69) is 12.2 Å². The van der Waals surface area contributed by atoms with E-state index in [0.29, 0.717) is 16.6 Å². The van der Waals surface area contributed by atoms with E-state index in [0.717, 1.165) is 6.42 Å². The summed E-state index contributed by atoms with van der Waals surface area (Å²) in [5.41, 5.74) is 0.707. The molecule has 1 aliphatic rings. The van der Waals surface area contributed by atoms with Gasteiger partial charge < -0.3 is 5.32 Å². The Morgan fingerprint density at radius 1 is 1.50 bits per heavy atom. The topological polar surface area (TPSA) is 29.1 Å². The molecule has 1 N–H and O–H groups in total. The smallest absolute Gasteiger partial charge is 0.227 e. The van der Waals surface area contributed by atoms with Crippen LogP contribution in [0.1, 0.15) is 13.3 Å². The largest absolute Gasteiger partial charge is 0.325 e. The highest BCUT2D eigenvalue weighted by molar-refractivity contribution is 6.33. The zero-order valence-electron chi connectivity index (χ0n) is 7.96. The predicted octanol–water partition coefficient (Wildman–Crippen LogP) is 2.93. The van der Waals surface area contributed by atoms with Crippen molar-refractivity contribution in [1.82, 2.24) is 0 Å². The summed E-state index contributed by atoms with van der Waals surface area (Å²) in [5, 5.41) is 3.42. The number of hydrogen-bond acceptors (Lipinski definition) is 1. The zero-order valence-corrected chi connectivity index (χ0v) is 8.71. The van der Waals surface area contributed by atoms with Crippen molar-refractivity contribution in [2.45, 2.75) is 13.3 Å². The van der Waals surface area contributed by atoms with Gasteiger partial charge in [-0.2, -0.15) is 0 Å². The van der Waals surface area contributed by atoms with E-state index >= 15 is 0 Å². The molecule has 1 aliphatic carbocycles. The van der Waals surface area contributed by atoms with Crippen LogP contribution < -0.4 is 5.32 Å². The molecule has 0 heterocycles. The standard InChI is InChI=1S/C11H12ClNO/c1-7-6-8(7)11(14)13-10-5-3-2-4-9(10)12/h2-5,7-8H,6H2,1H3,(H,13,14). The monoisotopic (exact) mass is 209 g/mol. The molecule has 2 nitrogen and oxygen atoms in total. The van der Waals surface area contributed by atoms with Gasteiger partial charge in [0.1, 0.15) is 0 Å². The van der Waals surface area contributed by atoms with Crippen molar-refractivity contribution in [2.75, 3.05) is 5.32 Å². The lowest BCUT2D eigenvalue weighted by Gasteiger charge is -2.05.